The zero-order valence-corrected chi connectivity index (χ0v) is 14.8. The first-order valence-corrected chi connectivity index (χ1v) is 8.29. The minimum Gasteiger partial charge on any atom is -0.490 e. The molecule has 0 unspecified atom stereocenters. The van der Waals surface area contributed by atoms with Crippen LogP contribution in [0.25, 0.3) is 0 Å². The summed E-state index contributed by atoms with van der Waals surface area (Å²) in [6, 6.07) is 13.3. The van der Waals surface area contributed by atoms with Crippen molar-refractivity contribution in [2.45, 2.75) is 19.4 Å². The fourth-order valence-corrected chi connectivity index (χ4v) is 2.63. The average Bonchev–Trinajstić information content (AvgIpc) is 2.66. The van der Waals surface area contributed by atoms with Gasteiger partial charge in [0.2, 0.25) is 0 Å². The molecule has 1 amide bonds. The van der Waals surface area contributed by atoms with Gasteiger partial charge in [-0.25, -0.2) is 0 Å². The smallest absolute Gasteiger partial charge is 0.311 e. The van der Waals surface area contributed by atoms with Crippen LogP contribution < -0.4 is 4.74 Å². The van der Waals surface area contributed by atoms with Gasteiger partial charge < -0.3 is 14.7 Å². The van der Waals surface area contributed by atoms with Crippen LogP contribution in [-0.2, 0) is 11.3 Å². The van der Waals surface area contributed by atoms with Gasteiger partial charge >= 0.3 is 11.7 Å². The van der Waals surface area contributed by atoms with Crippen LogP contribution in [0.4, 0.5) is 5.69 Å². The molecule has 0 saturated heterocycles. The number of hydrogen-bond donors (Lipinski definition) is 1. The summed E-state index contributed by atoms with van der Waals surface area (Å²) >= 11 is 0. The summed E-state index contributed by atoms with van der Waals surface area (Å²) in [6.45, 7) is 0.499. The number of amides is 1. The van der Waals surface area contributed by atoms with Crippen molar-refractivity contribution in [3.63, 3.8) is 0 Å². The maximum atomic E-state index is 12.9. The molecule has 1 N–H and O–H groups in total. The van der Waals surface area contributed by atoms with Crippen molar-refractivity contribution in [3.8, 4) is 5.75 Å². The number of carboxylic acids is 1. The zero-order valence-electron chi connectivity index (χ0n) is 14.8. The molecule has 0 fully saturated rings. The van der Waals surface area contributed by atoms with E-state index in [0.717, 1.165) is 5.56 Å². The molecule has 0 aliphatic heterocycles. The molecular formula is C19H20N2O6. The largest absolute Gasteiger partial charge is 0.490 e. The van der Waals surface area contributed by atoms with Crippen molar-refractivity contribution in [3.05, 3.63) is 69.8 Å². The van der Waals surface area contributed by atoms with Crippen LogP contribution >= 0.6 is 0 Å². The Morgan fingerprint density at radius 2 is 1.89 bits per heavy atom. The van der Waals surface area contributed by atoms with Crippen molar-refractivity contribution in [2.24, 2.45) is 0 Å². The highest BCUT2D eigenvalue weighted by molar-refractivity contribution is 5.95. The lowest BCUT2D eigenvalue weighted by molar-refractivity contribution is -0.385. The predicted molar refractivity (Wildman–Crippen MR) is 97.7 cm³/mol. The first-order chi connectivity index (χ1) is 12.9. The Morgan fingerprint density at radius 3 is 2.48 bits per heavy atom. The molecule has 0 aliphatic carbocycles. The molecule has 0 radical (unpaired) electrons. The summed E-state index contributed by atoms with van der Waals surface area (Å²) in [7, 11) is 1.32. The van der Waals surface area contributed by atoms with Gasteiger partial charge in [-0.05, 0) is 24.1 Å². The molecule has 0 saturated carbocycles. The zero-order chi connectivity index (χ0) is 19.8. The monoisotopic (exact) mass is 372 g/mol. The molecule has 0 atom stereocenters. The fraction of sp³-hybridized carbons (Fsp3) is 0.263. The highest BCUT2D eigenvalue weighted by Crippen LogP contribution is 2.28. The highest BCUT2D eigenvalue weighted by atomic mass is 16.6. The highest BCUT2D eigenvalue weighted by Gasteiger charge is 2.22. The van der Waals surface area contributed by atoms with Crippen LogP contribution in [0, 0.1) is 10.1 Å². The third kappa shape index (κ3) is 5.53. The van der Waals surface area contributed by atoms with Crippen molar-refractivity contribution in [1.82, 2.24) is 4.90 Å². The van der Waals surface area contributed by atoms with E-state index in [2.05, 4.69) is 0 Å². The Hall–Kier alpha value is -3.42. The number of hydrogen-bond acceptors (Lipinski definition) is 5. The van der Waals surface area contributed by atoms with E-state index in [-0.39, 0.29) is 42.9 Å². The summed E-state index contributed by atoms with van der Waals surface area (Å²) in [5.41, 5.74) is 0.728. The standard InChI is InChI=1S/C19H20N2O6/c1-27-17-10-9-15(12-16(17)21(25)26)19(24)20(11-5-8-18(22)23)13-14-6-3-2-4-7-14/h2-4,6-7,9-10,12H,5,8,11,13H2,1H3,(H,22,23). The van der Waals surface area contributed by atoms with Crippen LogP contribution in [0.15, 0.2) is 48.5 Å². The molecular weight excluding hydrogens is 352 g/mol. The van der Waals surface area contributed by atoms with Crippen molar-refractivity contribution < 1.29 is 24.4 Å². The molecule has 0 heterocycles. The second-order valence-corrected chi connectivity index (χ2v) is 5.85. The maximum Gasteiger partial charge on any atom is 0.311 e. The molecule has 142 valence electrons. The number of benzene rings is 2. The van der Waals surface area contributed by atoms with Crippen LogP contribution in [0.2, 0.25) is 0 Å². The molecule has 2 aromatic carbocycles. The summed E-state index contributed by atoms with van der Waals surface area (Å²) in [4.78, 5) is 35.8. The number of carbonyl (C=O) groups excluding carboxylic acids is 1. The topological polar surface area (TPSA) is 110 Å². The second kappa shape index (κ2) is 9.33. The summed E-state index contributed by atoms with van der Waals surface area (Å²) < 4.78 is 4.96. The Balaban J connectivity index is 2.27. The van der Waals surface area contributed by atoms with Gasteiger partial charge in [0.15, 0.2) is 5.75 Å². The summed E-state index contributed by atoms with van der Waals surface area (Å²) in [5.74, 6) is -1.28. The molecule has 0 aliphatic rings. The summed E-state index contributed by atoms with van der Waals surface area (Å²) in [5, 5.41) is 20.0. The van der Waals surface area contributed by atoms with Gasteiger partial charge in [0.1, 0.15) is 0 Å². The normalized spacial score (nSPS) is 10.3. The molecule has 2 aromatic rings. The first-order valence-electron chi connectivity index (χ1n) is 8.29. The molecule has 0 bridgehead atoms. The third-order valence-corrected chi connectivity index (χ3v) is 3.94. The Bertz CT molecular complexity index is 822. The van der Waals surface area contributed by atoms with Gasteiger partial charge in [-0.3, -0.25) is 19.7 Å². The fourth-order valence-electron chi connectivity index (χ4n) is 2.63. The lowest BCUT2D eigenvalue weighted by Crippen LogP contribution is -2.32. The van der Waals surface area contributed by atoms with E-state index in [0.29, 0.717) is 0 Å². The molecule has 8 heteroatoms. The van der Waals surface area contributed by atoms with Crippen molar-refractivity contribution in [1.29, 1.82) is 0 Å². The van der Waals surface area contributed by atoms with E-state index in [1.54, 1.807) is 0 Å². The maximum absolute atomic E-state index is 12.9. The first kappa shape index (κ1) is 19.9. The Morgan fingerprint density at radius 1 is 1.19 bits per heavy atom. The number of carbonyl (C=O) groups is 2. The second-order valence-electron chi connectivity index (χ2n) is 5.85. The van der Waals surface area contributed by atoms with Crippen LogP contribution in [0.5, 0.6) is 5.75 Å². The van der Waals surface area contributed by atoms with Gasteiger partial charge in [-0.2, -0.15) is 0 Å². The van der Waals surface area contributed by atoms with E-state index in [9.17, 15) is 19.7 Å². The number of rotatable bonds is 9. The Kier molecular flexibility index (Phi) is 6.87. The van der Waals surface area contributed by atoms with Gasteiger partial charge in [0, 0.05) is 31.1 Å². The molecule has 8 nitrogen and oxygen atoms in total. The van der Waals surface area contributed by atoms with Gasteiger partial charge in [0.25, 0.3) is 5.91 Å². The van der Waals surface area contributed by atoms with E-state index in [1.807, 2.05) is 30.3 Å². The number of methoxy groups -OCH3 is 1. The quantitative estimate of drug-likeness (QED) is 0.535. The molecule has 0 spiro atoms. The van der Waals surface area contributed by atoms with E-state index in [4.69, 9.17) is 9.84 Å². The van der Waals surface area contributed by atoms with Crippen LogP contribution in [-0.4, -0.2) is 40.5 Å². The number of carboxylic acid groups (broad SMARTS) is 1. The predicted octanol–water partition coefficient (Wildman–Crippen LogP) is 3.11. The number of nitro benzene ring substituents is 1. The van der Waals surface area contributed by atoms with Gasteiger partial charge in [-0.1, -0.05) is 30.3 Å². The average molecular weight is 372 g/mol. The number of ether oxygens (including phenoxy) is 1. The van der Waals surface area contributed by atoms with Crippen LogP contribution in [0.1, 0.15) is 28.8 Å². The van der Waals surface area contributed by atoms with Crippen LogP contribution in [0.3, 0.4) is 0 Å². The van der Waals surface area contributed by atoms with Gasteiger partial charge in [0.05, 0.1) is 12.0 Å². The van der Waals surface area contributed by atoms with Crippen molar-refractivity contribution in [2.75, 3.05) is 13.7 Å². The van der Waals surface area contributed by atoms with E-state index >= 15 is 0 Å². The molecule has 0 aromatic heterocycles. The molecule has 2 rings (SSSR count). The van der Waals surface area contributed by atoms with E-state index in [1.165, 1.54) is 30.2 Å². The minimum absolute atomic E-state index is 0.0667. The van der Waals surface area contributed by atoms with E-state index < -0.39 is 16.8 Å². The number of nitro groups is 1. The number of aliphatic carboxylic acids is 1. The SMILES string of the molecule is COc1ccc(C(=O)N(CCCC(=O)O)Cc2ccccc2)cc1[N+](=O)[O-]. The third-order valence-electron chi connectivity index (χ3n) is 3.94. The Labute approximate surface area is 156 Å². The van der Waals surface area contributed by atoms with Gasteiger partial charge in [-0.15, -0.1) is 0 Å². The summed E-state index contributed by atoms with van der Waals surface area (Å²) in [6.07, 6.45) is 0.216. The van der Waals surface area contributed by atoms with Crippen molar-refractivity contribution >= 4 is 17.6 Å². The molecule has 27 heavy (non-hydrogen) atoms. The minimum atomic E-state index is -0.942. The number of nitrogens with zero attached hydrogens (tertiary/aromatic N) is 2. The lowest BCUT2D eigenvalue weighted by Gasteiger charge is -2.23. The lowest BCUT2D eigenvalue weighted by atomic mass is 10.1.